The molecule has 0 bridgehead atoms. The van der Waals surface area contributed by atoms with Crippen molar-refractivity contribution in [1.82, 2.24) is 0 Å². The average Bonchev–Trinajstić information content (AvgIpc) is 2.07. The second kappa shape index (κ2) is 3.44. The minimum Gasteiger partial charge on any atom is -0.206 e. The summed E-state index contributed by atoms with van der Waals surface area (Å²) >= 11 is 0. The van der Waals surface area contributed by atoms with Crippen LogP contribution in [0, 0.1) is 23.0 Å². The summed E-state index contributed by atoms with van der Waals surface area (Å²) in [6.07, 6.45) is -3.19. The molecule has 0 atom stereocenters. The zero-order chi connectivity index (χ0) is 10.0. The highest BCUT2D eigenvalue weighted by Crippen LogP contribution is 2.26. The van der Waals surface area contributed by atoms with Crippen LogP contribution < -0.4 is 0 Å². The van der Waals surface area contributed by atoms with Crippen molar-refractivity contribution in [3.8, 4) is 6.07 Å². The molecular formula is C8H3F4N. The van der Waals surface area contributed by atoms with Gasteiger partial charge in [0.25, 0.3) is 6.43 Å². The molecule has 5 heteroatoms. The van der Waals surface area contributed by atoms with Crippen LogP contribution >= 0.6 is 0 Å². The Labute approximate surface area is 71.2 Å². The standard InChI is InChI=1S/C8H3F4N/c9-5-1-2-6(10)7(8(11)12)4(5)3-13/h1-2,8H. The van der Waals surface area contributed by atoms with Crippen LogP contribution in [0.25, 0.3) is 0 Å². The lowest BCUT2D eigenvalue weighted by atomic mass is 10.1. The normalized spacial score (nSPS) is 10.2. The third-order valence-electron chi connectivity index (χ3n) is 1.47. The number of halogens is 4. The van der Waals surface area contributed by atoms with Crippen LogP contribution in [0.3, 0.4) is 0 Å². The summed E-state index contributed by atoms with van der Waals surface area (Å²) in [6.45, 7) is 0. The van der Waals surface area contributed by atoms with Gasteiger partial charge in [0.15, 0.2) is 0 Å². The van der Waals surface area contributed by atoms with E-state index in [1.807, 2.05) is 0 Å². The lowest BCUT2D eigenvalue weighted by Crippen LogP contribution is -1.98. The molecule has 0 aromatic heterocycles. The van der Waals surface area contributed by atoms with Crippen LogP contribution in [0.2, 0.25) is 0 Å². The molecule has 0 aliphatic rings. The number of hydrogen-bond donors (Lipinski definition) is 0. The Morgan fingerprint density at radius 2 is 1.69 bits per heavy atom. The van der Waals surface area contributed by atoms with Crippen molar-refractivity contribution in [3.05, 3.63) is 34.9 Å². The van der Waals surface area contributed by atoms with E-state index in [1.165, 1.54) is 6.07 Å². The highest BCUT2D eigenvalue weighted by Gasteiger charge is 2.21. The molecule has 13 heavy (non-hydrogen) atoms. The number of hydrogen-bond acceptors (Lipinski definition) is 1. The van der Waals surface area contributed by atoms with Gasteiger partial charge in [-0.3, -0.25) is 0 Å². The lowest BCUT2D eigenvalue weighted by molar-refractivity contribution is 0.145. The molecule has 0 spiro atoms. The van der Waals surface area contributed by atoms with Crippen molar-refractivity contribution < 1.29 is 17.6 Å². The Morgan fingerprint density at radius 1 is 1.15 bits per heavy atom. The monoisotopic (exact) mass is 189 g/mol. The third-order valence-corrected chi connectivity index (χ3v) is 1.47. The summed E-state index contributed by atoms with van der Waals surface area (Å²) in [6, 6.07) is 2.40. The molecular weight excluding hydrogens is 186 g/mol. The molecule has 1 aromatic rings. The fourth-order valence-corrected chi connectivity index (χ4v) is 0.894. The van der Waals surface area contributed by atoms with Crippen LogP contribution in [-0.2, 0) is 0 Å². The van der Waals surface area contributed by atoms with Crippen LogP contribution in [0.5, 0.6) is 0 Å². The Morgan fingerprint density at radius 3 is 2.08 bits per heavy atom. The molecule has 0 unspecified atom stereocenters. The number of rotatable bonds is 1. The van der Waals surface area contributed by atoms with Gasteiger partial charge >= 0.3 is 0 Å². The van der Waals surface area contributed by atoms with Crippen LogP contribution in [0.1, 0.15) is 17.6 Å². The smallest absolute Gasteiger partial charge is 0.206 e. The second-order valence-electron chi connectivity index (χ2n) is 2.23. The van der Waals surface area contributed by atoms with E-state index in [2.05, 4.69) is 0 Å². The van der Waals surface area contributed by atoms with Crippen LogP contribution in [-0.4, -0.2) is 0 Å². The largest absolute Gasteiger partial charge is 0.268 e. The molecule has 1 aromatic carbocycles. The van der Waals surface area contributed by atoms with Gasteiger partial charge in [0.1, 0.15) is 17.7 Å². The Kier molecular flexibility index (Phi) is 2.52. The molecule has 0 aliphatic heterocycles. The zero-order valence-electron chi connectivity index (χ0n) is 6.19. The molecule has 0 aliphatic carbocycles. The van der Waals surface area contributed by atoms with Crippen molar-refractivity contribution in [2.75, 3.05) is 0 Å². The van der Waals surface area contributed by atoms with Crippen LogP contribution in [0.15, 0.2) is 12.1 Å². The summed E-state index contributed by atoms with van der Waals surface area (Å²) in [7, 11) is 0. The van der Waals surface area contributed by atoms with Gasteiger partial charge in [-0.25, -0.2) is 17.6 Å². The maximum absolute atomic E-state index is 12.7. The van der Waals surface area contributed by atoms with Gasteiger partial charge in [-0.2, -0.15) is 5.26 Å². The summed E-state index contributed by atoms with van der Waals surface area (Å²) in [5.41, 5.74) is -2.11. The second-order valence-corrected chi connectivity index (χ2v) is 2.23. The van der Waals surface area contributed by atoms with E-state index < -0.39 is 29.2 Å². The SMILES string of the molecule is N#Cc1c(F)ccc(F)c1C(F)F. The first-order valence-electron chi connectivity index (χ1n) is 3.24. The van der Waals surface area contributed by atoms with E-state index >= 15 is 0 Å². The first-order chi connectivity index (χ1) is 6.07. The topological polar surface area (TPSA) is 23.8 Å². The minimum absolute atomic E-state index is 0.567. The van der Waals surface area contributed by atoms with Crippen molar-refractivity contribution in [1.29, 1.82) is 5.26 Å². The van der Waals surface area contributed by atoms with Crippen molar-refractivity contribution >= 4 is 0 Å². The molecule has 0 radical (unpaired) electrons. The van der Waals surface area contributed by atoms with Crippen LogP contribution in [0.4, 0.5) is 17.6 Å². The first kappa shape index (κ1) is 9.52. The molecule has 0 heterocycles. The van der Waals surface area contributed by atoms with E-state index in [9.17, 15) is 17.6 Å². The Balaban J connectivity index is 3.46. The fraction of sp³-hybridized carbons (Fsp3) is 0.125. The highest BCUT2D eigenvalue weighted by atomic mass is 19.3. The number of nitriles is 1. The van der Waals surface area contributed by atoms with E-state index in [1.54, 1.807) is 0 Å². The predicted octanol–water partition coefficient (Wildman–Crippen LogP) is 2.77. The highest BCUT2D eigenvalue weighted by molar-refractivity contribution is 5.40. The summed E-state index contributed by atoms with van der Waals surface area (Å²) in [5, 5.41) is 8.28. The first-order valence-corrected chi connectivity index (χ1v) is 3.24. The molecule has 1 nitrogen and oxygen atoms in total. The summed E-state index contributed by atoms with van der Waals surface area (Å²) < 4.78 is 49.5. The van der Waals surface area contributed by atoms with E-state index in [4.69, 9.17) is 5.26 Å². The maximum Gasteiger partial charge on any atom is 0.268 e. The van der Waals surface area contributed by atoms with E-state index in [0.717, 1.165) is 0 Å². The molecule has 0 N–H and O–H groups in total. The number of alkyl halides is 2. The Hall–Kier alpha value is -1.57. The maximum atomic E-state index is 12.7. The quantitative estimate of drug-likeness (QED) is 0.623. The molecule has 1 rings (SSSR count). The Bertz CT molecular complexity index is 367. The zero-order valence-corrected chi connectivity index (χ0v) is 6.19. The van der Waals surface area contributed by atoms with Gasteiger partial charge in [0.2, 0.25) is 0 Å². The lowest BCUT2D eigenvalue weighted by Gasteiger charge is -2.04. The molecule has 0 fully saturated rings. The van der Waals surface area contributed by atoms with Crippen molar-refractivity contribution in [2.24, 2.45) is 0 Å². The van der Waals surface area contributed by atoms with Gasteiger partial charge < -0.3 is 0 Å². The summed E-state index contributed by atoms with van der Waals surface area (Å²) in [5.74, 6) is -2.41. The fourth-order valence-electron chi connectivity index (χ4n) is 0.894. The van der Waals surface area contributed by atoms with E-state index in [-0.39, 0.29) is 0 Å². The third kappa shape index (κ3) is 1.61. The molecule has 0 saturated carbocycles. The number of benzene rings is 1. The summed E-state index contributed by atoms with van der Waals surface area (Å²) in [4.78, 5) is 0. The number of nitrogens with zero attached hydrogens (tertiary/aromatic N) is 1. The van der Waals surface area contributed by atoms with Gasteiger partial charge in [-0.05, 0) is 12.1 Å². The van der Waals surface area contributed by atoms with E-state index in [0.29, 0.717) is 12.1 Å². The average molecular weight is 189 g/mol. The molecule has 0 saturated heterocycles. The molecule has 68 valence electrons. The van der Waals surface area contributed by atoms with Gasteiger partial charge in [0, 0.05) is 0 Å². The molecule has 0 amide bonds. The van der Waals surface area contributed by atoms with Gasteiger partial charge in [-0.15, -0.1) is 0 Å². The predicted molar refractivity (Wildman–Crippen MR) is 36.0 cm³/mol. The van der Waals surface area contributed by atoms with Crippen molar-refractivity contribution in [3.63, 3.8) is 0 Å². The minimum atomic E-state index is -3.19. The van der Waals surface area contributed by atoms with Gasteiger partial charge in [0.05, 0.1) is 11.1 Å². The van der Waals surface area contributed by atoms with Gasteiger partial charge in [-0.1, -0.05) is 0 Å². The van der Waals surface area contributed by atoms with Crippen molar-refractivity contribution in [2.45, 2.75) is 6.43 Å².